The summed E-state index contributed by atoms with van der Waals surface area (Å²) < 4.78 is 4.48. The Morgan fingerprint density at radius 3 is 2.45 bits per heavy atom. The van der Waals surface area contributed by atoms with E-state index < -0.39 is 0 Å². The minimum Gasteiger partial charge on any atom is -0.289 e. The number of halogens is 3. The molecule has 0 radical (unpaired) electrons. The van der Waals surface area contributed by atoms with Gasteiger partial charge in [-0.25, -0.2) is 0 Å². The fraction of sp³-hybridized carbons (Fsp3) is 0. The molecule has 0 aromatic carbocycles. The van der Waals surface area contributed by atoms with Gasteiger partial charge in [-0.2, -0.15) is 4.51 Å². The summed E-state index contributed by atoms with van der Waals surface area (Å²) in [4.78, 5) is 10.9. The highest BCUT2D eigenvalue weighted by atomic mass is 79.9. The molecule has 0 bridgehead atoms. The number of rotatable bonds is 0. The first kappa shape index (κ1) is 9.16. The van der Waals surface area contributed by atoms with Crippen LogP contribution in [0.3, 0.4) is 0 Å². The molecule has 1 aliphatic carbocycles. The number of hydrogen-bond donors (Lipinski definition) is 0. The number of carbonyl (C=O) groups is 1. The molecule has 2 nitrogen and oxygen atoms in total. The van der Waals surface area contributed by atoms with Crippen LogP contribution in [-0.4, -0.2) is 11.5 Å². The monoisotopic (exact) mass is 297 g/mol. The first-order valence-corrected chi connectivity index (χ1v) is 4.55. The number of carbonyl (C=O) groups excluding carboxylic acids is 1. The molecular formula is C6H2Br2ClNO. The van der Waals surface area contributed by atoms with Crippen LogP contribution >= 0.6 is 43.6 Å². The van der Waals surface area contributed by atoms with E-state index in [4.69, 9.17) is 11.8 Å². The summed E-state index contributed by atoms with van der Waals surface area (Å²) >= 11 is 11.4. The molecule has 0 atom stereocenters. The van der Waals surface area contributed by atoms with Crippen LogP contribution in [0.2, 0.25) is 0 Å². The van der Waals surface area contributed by atoms with Crippen LogP contribution in [0.5, 0.6) is 0 Å². The molecule has 0 aromatic heterocycles. The molecular weight excluding hydrogens is 297 g/mol. The number of allylic oxidation sites excluding steroid dienone is 4. The summed E-state index contributed by atoms with van der Waals surface area (Å²) in [5.41, 5.74) is 0.540. The minimum atomic E-state index is -0.0964. The van der Waals surface area contributed by atoms with E-state index >= 15 is 0 Å². The average molecular weight is 299 g/mol. The van der Waals surface area contributed by atoms with Gasteiger partial charge in [0.2, 0.25) is 0 Å². The van der Waals surface area contributed by atoms with Crippen molar-refractivity contribution in [3.63, 3.8) is 0 Å². The van der Waals surface area contributed by atoms with Crippen LogP contribution in [0.4, 0.5) is 0 Å². The van der Waals surface area contributed by atoms with Crippen LogP contribution < -0.4 is 0 Å². The number of hydrogen-bond acceptors (Lipinski definition) is 2. The molecule has 0 saturated carbocycles. The van der Waals surface area contributed by atoms with Gasteiger partial charge >= 0.3 is 0 Å². The predicted octanol–water partition coefficient (Wildman–Crippen LogP) is 2.72. The van der Waals surface area contributed by atoms with Crippen molar-refractivity contribution >= 4 is 55.1 Å². The van der Waals surface area contributed by atoms with Gasteiger partial charge in [-0.3, -0.25) is 4.79 Å². The highest BCUT2D eigenvalue weighted by Crippen LogP contribution is 2.21. The molecule has 0 N–H and O–H groups in total. The third-order valence-electron chi connectivity index (χ3n) is 1.09. The van der Waals surface area contributed by atoms with Gasteiger partial charge in [0.25, 0.3) is 0 Å². The fourth-order valence-electron chi connectivity index (χ4n) is 0.583. The van der Waals surface area contributed by atoms with Gasteiger partial charge in [0.1, 0.15) is 0 Å². The maximum absolute atomic E-state index is 10.9. The van der Waals surface area contributed by atoms with E-state index in [9.17, 15) is 4.79 Å². The SMILES string of the molecule is O=C1C=C(Br)/C(=N\Cl)C=C1Br. The molecule has 58 valence electrons. The fourth-order valence-corrected chi connectivity index (χ4v) is 1.57. The normalized spacial score (nSPS) is 21.7. The van der Waals surface area contributed by atoms with Gasteiger partial charge in [0.15, 0.2) is 5.78 Å². The first-order valence-electron chi connectivity index (χ1n) is 2.63. The molecule has 11 heavy (non-hydrogen) atoms. The topological polar surface area (TPSA) is 29.4 Å². The number of ketones is 1. The average Bonchev–Trinajstić information content (AvgIpc) is 1.97. The van der Waals surface area contributed by atoms with Crippen LogP contribution in [-0.2, 0) is 4.79 Å². The Morgan fingerprint density at radius 1 is 1.27 bits per heavy atom. The van der Waals surface area contributed by atoms with Crippen molar-refractivity contribution in [1.29, 1.82) is 0 Å². The summed E-state index contributed by atoms with van der Waals surface area (Å²) in [6, 6.07) is 0. The Hall–Kier alpha value is 0.0700. The quantitative estimate of drug-likeness (QED) is 0.632. The van der Waals surface area contributed by atoms with Gasteiger partial charge in [-0.1, -0.05) is 0 Å². The maximum atomic E-state index is 10.9. The summed E-state index contributed by atoms with van der Waals surface area (Å²) in [5, 5.41) is 0. The number of nitrogens with zero attached hydrogens (tertiary/aromatic N) is 1. The molecule has 0 fully saturated rings. The molecule has 0 saturated heterocycles. The Kier molecular flexibility index (Phi) is 3.04. The van der Waals surface area contributed by atoms with Crippen molar-refractivity contribution in [2.24, 2.45) is 4.51 Å². The summed E-state index contributed by atoms with van der Waals surface area (Å²) in [6.45, 7) is 0. The molecule has 1 aliphatic rings. The van der Waals surface area contributed by atoms with E-state index in [1.165, 1.54) is 6.08 Å². The summed E-state index contributed by atoms with van der Waals surface area (Å²) in [7, 11) is 0. The molecule has 0 spiro atoms. The van der Waals surface area contributed by atoms with E-state index in [2.05, 4.69) is 36.4 Å². The lowest BCUT2D eigenvalue weighted by molar-refractivity contribution is -0.110. The van der Waals surface area contributed by atoms with Crippen LogP contribution in [0.1, 0.15) is 0 Å². The van der Waals surface area contributed by atoms with Crippen molar-refractivity contribution in [1.82, 2.24) is 0 Å². The maximum Gasteiger partial charge on any atom is 0.194 e. The Labute approximate surface area is 85.4 Å². The minimum absolute atomic E-state index is 0.0964. The summed E-state index contributed by atoms with van der Waals surface area (Å²) in [6.07, 6.45) is 2.96. The molecule has 5 heteroatoms. The molecule has 0 amide bonds. The van der Waals surface area contributed by atoms with Gasteiger partial charge in [0, 0.05) is 22.3 Å². The van der Waals surface area contributed by atoms with E-state index in [1.807, 2.05) is 0 Å². The second-order valence-electron chi connectivity index (χ2n) is 1.82. The third kappa shape index (κ3) is 2.01. The molecule has 0 aliphatic heterocycles. The first-order chi connectivity index (χ1) is 5.15. The molecule has 0 heterocycles. The van der Waals surface area contributed by atoms with Crippen molar-refractivity contribution in [2.45, 2.75) is 0 Å². The Morgan fingerprint density at radius 2 is 1.91 bits per heavy atom. The van der Waals surface area contributed by atoms with Gasteiger partial charge in [-0.05, 0) is 37.9 Å². The zero-order chi connectivity index (χ0) is 8.43. The lowest BCUT2D eigenvalue weighted by atomic mass is 10.2. The van der Waals surface area contributed by atoms with Crippen molar-refractivity contribution < 1.29 is 4.79 Å². The second kappa shape index (κ2) is 3.65. The van der Waals surface area contributed by atoms with Crippen molar-refractivity contribution in [3.8, 4) is 0 Å². The van der Waals surface area contributed by atoms with Crippen molar-refractivity contribution in [3.05, 3.63) is 21.1 Å². The predicted molar refractivity (Wildman–Crippen MR) is 52.3 cm³/mol. The highest BCUT2D eigenvalue weighted by molar-refractivity contribution is 9.12. The van der Waals surface area contributed by atoms with E-state index in [-0.39, 0.29) is 5.78 Å². The molecule has 0 unspecified atom stereocenters. The van der Waals surface area contributed by atoms with Crippen LogP contribution in [0.15, 0.2) is 25.6 Å². The Balaban J connectivity index is 3.08. The van der Waals surface area contributed by atoms with Crippen LogP contribution in [0, 0.1) is 0 Å². The highest BCUT2D eigenvalue weighted by Gasteiger charge is 2.14. The third-order valence-corrected chi connectivity index (χ3v) is 2.53. The van der Waals surface area contributed by atoms with Crippen molar-refractivity contribution in [2.75, 3.05) is 0 Å². The van der Waals surface area contributed by atoms with Gasteiger partial charge in [0.05, 0.1) is 10.2 Å². The summed E-state index contributed by atoms with van der Waals surface area (Å²) in [5.74, 6) is -0.0964. The van der Waals surface area contributed by atoms with E-state index in [0.717, 1.165) is 0 Å². The smallest absolute Gasteiger partial charge is 0.194 e. The van der Waals surface area contributed by atoms with E-state index in [0.29, 0.717) is 14.7 Å². The lowest BCUT2D eigenvalue weighted by Gasteiger charge is -2.03. The molecule has 1 rings (SSSR count). The van der Waals surface area contributed by atoms with Crippen LogP contribution in [0.25, 0.3) is 0 Å². The van der Waals surface area contributed by atoms with Gasteiger partial charge < -0.3 is 0 Å². The van der Waals surface area contributed by atoms with E-state index in [1.54, 1.807) is 6.08 Å². The largest absolute Gasteiger partial charge is 0.289 e. The zero-order valence-corrected chi connectivity index (χ0v) is 9.07. The molecule has 0 aromatic rings. The standard InChI is InChI=1S/C6H2Br2ClNO/c7-3-2-6(11)4(8)1-5(3)10-9/h1-2H/b10-5-. The Bertz CT molecular complexity index is 293. The second-order valence-corrected chi connectivity index (χ2v) is 3.70. The lowest BCUT2D eigenvalue weighted by Crippen LogP contribution is -2.06. The van der Waals surface area contributed by atoms with Gasteiger partial charge in [-0.15, -0.1) is 0 Å². The zero-order valence-electron chi connectivity index (χ0n) is 5.14.